The maximum atomic E-state index is 12.3. The van der Waals surface area contributed by atoms with E-state index in [4.69, 9.17) is 11.6 Å². The molecule has 1 unspecified atom stereocenters. The van der Waals surface area contributed by atoms with Gasteiger partial charge < -0.3 is 5.32 Å². The van der Waals surface area contributed by atoms with Gasteiger partial charge in [-0.3, -0.25) is 14.9 Å². The Morgan fingerprint density at radius 1 is 1.57 bits per heavy atom. The largest absolute Gasteiger partial charge is 0.343 e. The molecule has 1 atom stereocenters. The highest BCUT2D eigenvalue weighted by molar-refractivity contribution is 7.09. The molecule has 0 aliphatic rings. The summed E-state index contributed by atoms with van der Waals surface area (Å²) in [7, 11) is 0. The van der Waals surface area contributed by atoms with Crippen molar-refractivity contribution >= 4 is 34.5 Å². The van der Waals surface area contributed by atoms with E-state index < -0.39 is 10.8 Å². The van der Waals surface area contributed by atoms with E-state index in [1.54, 1.807) is 6.20 Å². The SMILES string of the molecule is CCC(NC(=O)c1cccc([N+](=O)[O-])c1Cl)c1nccs1. The van der Waals surface area contributed by atoms with E-state index in [1.165, 1.54) is 29.5 Å². The highest BCUT2D eigenvalue weighted by Crippen LogP contribution is 2.28. The molecule has 21 heavy (non-hydrogen) atoms. The summed E-state index contributed by atoms with van der Waals surface area (Å²) in [4.78, 5) is 26.7. The van der Waals surface area contributed by atoms with E-state index >= 15 is 0 Å². The Morgan fingerprint density at radius 3 is 2.90 bits per heavy atom. The number of nitro groups is 1. The minimum Gasteiger partial charge on any atom is -0.343 e. The van der Waals surface area contributed by atoms with Gasteiger partial charge in [-0.15, -0.1) is 11.3 Å². The lowest BCUT2D eigenvalue weighted by Gasteiger charge is -2.15. The zero-order valence-electron chi connectivity index (χ0n) is 11.1. The molecule has 6 nitrogen and oxygen atoms in total. The lowest BCUT2D eigenvalue weighted by atomic mass is 10.1. The average Bonchev–Trinajstić information content (AvgIpc) is 2.98. The molecule has 1 amide bonds. The van der Waals surface area contributed by atoms with Crippen molar-refractivity contribution < 1.29 is 9.72 Å². The molecule has 2 rings (SSSR count). The number of carbonyl (C=O) groups is 1. The van der Waals surface area contributed by atoms with Gasteiger partial charge in [-0.2, -0.15) is 0 Å². The number of nitro benzene ring substituents is 1. The third-order valence-corrected chi connectivity index (χ3v) is 4.17. The highest BCUT2D eigenvalue weighted by atomic mass is 35.5. The van der Waals surface area contributed by atoms with Crippen molar-refractivity contribution in [2.45, 2.75) is 19.4 Å². The van der Waals surface area contributed by atoms with Crippen molar-refractivity contribution in [2.24, 2.45) is 0 Å². The third kappa shape index (κ3) is 3.37. The van der Waals surface area contributed by atoms with Crippen LogP contribution in [0.5, 0.6) is 0 Å². The van der Waals surface area contributed by atoms with Crippen molar-refractivity contribution in [1.29, 1.82) is 0 Å². The standard InChI is InChI=1S/C13H12ClN3O3S/c1-2-9(13-15-6-7-21-13)16-12(18)8-4-3-5-10(11(8)14)17(19)20/h3-7,9H,2H2,1H3,(H,16,18). The Hall–Kier alpha value is -1.99. The summed E-state index contributed by atoms with van der Waals surface area (Å²) < 4.78 is 0. The van der Waals surface area contributed by atoms with Crippen LogP contribution in [0.1, 0.15) is 34.8 Å². The Balaban J connectivity index is 2.24. The quantitative estimate of drug-likeness (QED) is 0.672. The first kappa shape index (κ1) is 15.4. The molecule has 1 heterocycles. The van der Waals surface area contributed by atoms with Gasteiger partial charge in [0.15, 0.2) is 0 Å². The van der Waals surface area contributed by atoms with Gasteiger partial charge in [-0.25, -0.2) is 4.98 Å². The van der Waals surface area contributed by atoms with Crippen LogP contribution in [0.3, 0.4) is 0 Å². The molecule has 110 valence electrons. The smallest absolute Gasteiger partial charge is 0.288 e. The van der Waals surface area contributed by atoms with Gasteiger partial charge in [0.2, 0.25) is 0 Å². The molecule has 1 aromatic carbocycles. The number of benzene rings is 1. The zero-order valence-corrected chi connectivity index (χ0v) is 12.6. The predicted octanol–water partition coefficient (Wildman–Crippen LogP) is 3.59. The molecule has 0 fully saturated rings. The van der Waals surface area contributed by atoms with E-state index in [9.17, 15) is 14.9 Å². The Kier molecular flexibility index (Phi) is 4.87. The number of nitrogens with one attached hydrogen (secondary N) is 1. The van der Waals surface area contributed by atoms with Gasteiger partial charge in [0.1, 0.15) is 10.0 Å². The number of hydrogen-bond donors (Lipinski definition) is 1. The van der Waals surface area contributed by atoms with Crippen LogP contribution in [0.2, 0.25) is 5.02 Å². The number of carbonyl (C=O) groups excluding carboxylic acids is 1. The number of rotatable bonds is 5. The summed E-state index contributed by atoms with van der Waals surface area (Å²) in [5.41, 5.74) is -0.201. The monoisotopic (exact) mass is 325 g/mol. The number of nitrogens with zero attached hydrogens (tertiary/aromatic N) is 2. The molecule has 1 N–H and O–H groups in total. The molecule has 0 radical (unpaired) electrons. The molecule has 0 saturated carbocycles. The van der Waals surface area contributed by atoms with Crippen LogP contribution in [0.4, 0.5) is 5.69 Å². The van der Waals surface area contributed by atoms with Crippen molar-refractivity contribution in [3.05, 3.63) is 55.5 Å². The Labute approximate surface area is 129 Å². The van der Waals surface area contributed by atoms with Gasteiger partial charge in [-0.1, -0.05) is 24.6 Å². The fourth-order valence-electron chi connectivity index (χ4n) is 1.82. The van der Waals surface area contributed by atoms with Crippen LogP contribution in [0.25, 0.3) is 0 Å². The minimum absolute atomic E-state index is 0.0841. The van der Waals surface area contributed by atoms with Crippen LogP contribution in [0.15, 0.2) is 29.8 Å². The number of halogens is 1. The fraction of sp³-hybridized carbons (Fsp3) is 0.231. The normalized spacial score (nSPS) is 11.9. The first-order valence-electron chi connectivity index (χ1n) is 6.17. The number of thiazole rings is 1. The van der Waals surface area contributed by atoms with Crippen molar-refractivity contribution in [1.82, 2.24) is 10.3 Å². The second-order valence-corrected chi connectivity index (χ2v) is 5.50. The maximum absolute atomic E-state index is 12.3. The minimum atomic E-state index is -0.614. The average molecular weight is 326 g/mol. The Bertz CT molecular complexity index is 661. The first-order chi connectivity index (χ1) is 10.0. The van der Waals surface area contributed by atoms with Crippen LogP contribution in [-0.2, 0) is 0 Å². The van der Waals surface area contributed by atoms with Gasteiger partial charge in [-0.05, 0) is 12.5 Å². The molecular weight excluding hydrogens is 314 g/mol. The molecule has 2 aromatic rings. The molecule has 1 aromatic heterocycles. The van der Waals surface area contributed by atoms with E-state index in [-0.39, 0.29) is 22.3 Å². The van der Waals surface area contributed by atoms with Crippen LogP contribution >= 0.6 is 22.9 Å². The first-order valence-corrected chi connectivity index (χ1v) is 7.43. The number of aromatic nitrogens is 1. The van der Waals surface area contributed by atoms with E-state index in [0.717, 1.165) is 5.01 Å². The van der Waals surface area contributed by atoms with Crippen molar-refractivity contribution in [2.75, 3.05) is 0 Å². The van der Waals surface area contributed by atoms with Gasteiger partial charge in [0.25, 0.3) is 11.6 Å². The maximum Gasteiger partial charge on any atom is 0.288 e. The van der Waals surface area contributed by atoms with Crippen LogP contribution in [0, 0.1) is 10.1 Å². The highest BCUT2D eigenvalue weighted by Gasteiger charge is 2.22. The lowest BCUT2D eigenvalue weighted by molar-refractivity contribution is -0.384. The molecule has 0 aliphatic heterocycles. The molecule has 0 saturated heterocycles. The summed E-state index contributed by atoms with van der Waals surface area (Å²) in [5, 5.41) is 16.1. The van der Waals surface area contributed by atoms with Gasteiger partial charge in [0, 0.05) is 17.6 Å². The van der Waals surface area contributed by atoms with E-state index in [2.05, 4.69) is 10.3 Å². The van der Waals surface area contributed by atoms with Crippen molar-refractivity contribution in [3.8, 4) is 0 Å². The summed E-state index contributed by atoms with van der Waals surface area (Å²) in [5.74, 6) is -0.453. The summed E-state index contributed by atoms with van der Waals surface area (Å²) >= 11 is 7.37. The van der Waals surface area contributed by atoms with E-state index in [1.807, 2.05) is 12.3 Å². The summed E-state index contributed by atoms with van der Waals surface area (Å²) in [6.07, 6.45) is 2.32. The lowest BCUT2D eigenvalue weighted by Crippen LogP contribution is -2.28. The third-order valence-electron chi connectivity index (χ3n) is 2.88. The van der Waals surface area contributed by atoms with Gasteiger partial charge in [0.05, 0.1) is 16.5 Å². The summed E-state index contributed by atoms with van der Waals surface area (Å²) in [6.45, 7) is 1.92. The zero-order chi connectivity index (χ0) is 15.4. The summed E-state index contributed by atoms with van der Waals surface area (Å²) in [6, 6.07) is 3.91. The number of hydrogen-bond acceptors (Lipinski definition) is 5. The molecule has 8 heteroatoms. The molecule has 0 spiro atoms. The second kappa shape index (κ2) is 6.64. The molecular formula is C13H12ClN3O3S. The molecule has 0 aliphatic carbocycles. The topological polar surface area (TPSA) is 85.1 Å². The van der Waals surface area contributed by atoms with Crippen LogP contribution in [-0.4, -0.2) is 15.8 Å². The Morgan fingerprint density at radius 2 is 2.33 bits per heavy atom. The molecule has 0 bridgehead atoms. The van der Waals surface area contributed by atoms with Crippen LogP contribution < -0.4 is 5.32 Å². The van der Waals surface area contributed by atoms with Crippen molar-refractivity contribution in [3.63, 3.8) is 0 Å². The van der Waals surface area contributed by atoms with Gasteiger partial charge >= 0.3 is 0 Å². The number of amides is 1. The fourth-order valence-corrected chi connectivity index (χ4v) is 2.87. The predicted molar refractivity (Wildman–Crippen MR) is 80.7 cm³/mol. The van der Waals surface area contributed by atoms with E-state index in [0.29, 0.717) is 6.42 Å². The second-order valence-electron chi connectivity index (χ2n) is 4.20.